The van der Waals surface area contributed by atoms with Crippen LogP contribution in [0, 0.1) is 0 Å². The third-order valence-corrected chi connectivity index (χ3v) is 3.43. The van der Waals surface area contributed by atoms with Gasteiger partial charge in [-0.05, 0) is 31.5 Å². The fourth-order valence-electron chi connectivity index (χ4n) is 2.36. The van der Waals surface area contributed by atoms with Crippen LogP contribution in [0.5, 0.6) is 0 Å². The van der Waals surface area contributed by atoms with Crippen LogP contribution in [-0.2, 0) is 0 Å². The standard InChI is InChI=1S/C13H19ClN2/c1-2-15-11-6-5-9-16(10-11)13-8-4-3-7-12(13)14/h3-4,7-8,11,15H,2,5-6,9-10H2,1H3. The van der Waals surface area contributed by atoms with Gasteiger partial charge in [0.25, 0.3) is 0 Å². The molecule has 0 aliphatic carbocycles. The fraction of sp³-hybridized carbons (Fsp3) is 0.538. The largest absolute Gasteiger partial charge is 0.369 e. The number of hydrogen-bond donors (Lipinski definition) is 1. The van der Waals surface area contributed by atoms with Gasteiger partial charge in [0, 0.05) is 19.1 Å². The molecule has 1 N–H and O–H groups in total. The molecule has 1 heterocycles. The zero-order valence-corrected chi connectivity index (χ0v) is 10.5. The summed E-state index contributed by atoms with van der Waals surface area (Å²) in [5.74, 6) is 0. The Labute approximate surface area is 103 Å². The Morgan fingerprint density at radius 3 is 3.00 bits per heavy atom. The van der Waals surface area contributed by atoms with Crippen LogP contribution >= 0.6 is 11.6 Å². The molecule has 1 aromatic rings. The van der Waals surface area contributed by atoms with Crippen molar-refractivity contribution in [2.45, 2.75) is 25.8 Å². The zero-order valence-electron chi connectivity index (χ0n) is 9.75. The predicted octanol–water partition coefficient (Wildman–Crippen LogP) is 2.92. The molecule has 0 bridgehead atoms. The molecule has 1 unspecified atom stereocenters. The van der Waals surface area contributed by atoms with Crippen LogP contribution in [-0.4, -0.2) is 25.7 Å². The molecule has 2 rings (SSSR count). The molecule has 3 heteroatoms. The molecule has 0 spiro atoms. The SMILES string of the molecule is CCNC1CCCN(c2ccccc2Cl)C1. The second kappa shape index (κ2) is 5.55. The Kier molecular flexibility index (Phi) is 4.08. The van der Waals surface area contributed by atoms with Gasteiger partial charge in [-0.25, -0.2) is 0 Å². The first-order valence-electron chi connectivity index (χ1n) is 6.04. The molecule has 1 aromatic carbocycles. The van der Waals surface area contributed by atoms with Crippen LogP contribution in [0.2, 0.25) is 5.02 Å². The number of rotatable bonds is 3. The Morgan fingerprint density at radius 2 is 2.25 bits per heavy atom. The van der Waals surface area contributed by atoms with Crippen molar-refractivity contribution < 1.29 is 0 Å². The number of benzene rings is 1. The quantitative estimate of drug-likeness (QED) is 0.871. The maximum Gasteiger partial charge on any atom is 0.0639 e. The smallest absolute Gasteiger partial charge is 0.0639 e. The van der Waals surface area contributed by atoms with Crippen molar-refractivity contribution in [3.63, 3.8) is 0 Å². The Bertz CT molecular complexity index is 338. The lowest BCUT2D eigenvalue weighted by Crippen LogP contribution is -2.45. The highest BCUT2D eigenvalue weighted by molar-refractivity contribution is 6.33. The molecule has 16 heavy (non-hydrogen) atoms. The van der Waals surface area contributed by atoms with Gasteiger partial charge in [0.2, 0.25) is 0 Å². The van der Waals surface area contributed by atoms with E-state index in [0.29, 0.717) is 6.04 Å². The van der Waals surface area contributed by atoms with Crippen LogP contribution < -0.4 is 10.2 Å². The number of hydrogen-bond acceptors (Lipinski definition) is 2. The van der Waals surface area contributed by atoms with Gasteiger partial charge in [0.1, 0.15) is 0 Å². The van der Waals surface area contributed by atoms with Crippen molar-refractivity contribution in [2.24, 2.45) is 0 Å². The predicted molar refractivity (Wildman–Crippen MR) is 70.4 cm³/mol. The molecule has 88 valence electrons. The molecule has 0 aromatic heterocycles. The summed E-state index contributed by atoms with van der Waals surface area (Å²) in [4.78, 5) is 2.39. The molecule has 1 atom stereocenters. The van der Waals surface area contributed by atoms with Gasteiger partial charge in [-0.3, -0.25) is 0 Å². The van der Waals surface area contributed by atoms with Crippen LogP contribution in [0.1, 0.15) is 19.8 Å². The molecule has 0 amide bonds. The summed E-state index contributed by atoms with van der Waals surface area (Å²) in [6, 6.07) is 8.72. The second-order valence-electron chi connectivity index (χ2n) is 4.29. The number of piperidine rings is 1. The van der Waals surface area contributed by atoms with Crippen molar-refractivity contribution >= 4 is 17.3 Å². The van der Waals surface area contributed by atoms with E-state index in [-0.39, 0.29) is 0 Å². The number of anilines is 1. The van der Waals surface area contributed by atoms with Gasteiger partial charge in [-0.1, -0.05) is 30.7 Å². The Hall–Kier alpha value is -0.730. The lowest BCUT2D eigenvalue weighted by atomic mass is 10.0. The topological polar surface area (TPSA) is 15.3 Å². The summed E-state index contributed by atoms with van der Waals surface area (Å²) in [6.45, 7) is 5.39. The maximum atomic E-state index is 6.22. The first-order chi connectivity index (χ1) is 7.81. The first-order valence-corrected chi connectivity index (χ1v) is 6.42. The monoisotopic (exact) mass is 238 g/mol. The molecular weight excluding hydrogens is 220 g/mol. The third kappa shape index (κ3) is 2.69. The minimum absolute atomic E-state index is 0.607. The minimum atomic E-state index is 0.607. The summed E-state index contributed by atoms with van der Waals surface area (Å²) < 4.78 is 0. The minimum Gasteiger partial charge on any atom is -0.369 e. The summed E-state index contributed by atoms with van der Waals surface area (Å²) in [6.07, 6.45) is 2.51. The van der Waals surface area contributed by atoms with E-state index < -0.39 is 0 Å². The van der Waals surface area contributed by atoms with E-state index in [0.717, 1.165) is 24.7 Å². The molecule has 1 fully saturated rings. The molecule has 1 aliphatic rings. The molecule has 0 radical (unpaired) electrons. The highest BCUT2D eigenvalue weighted by Crippen LogP contribution is 2.27. The summed E-state index contributed by atoms with van der Waals surface area (Å²) in [5, 5.41) is 4.38. The van der Waals surface area contributed by atoms with Crippen LogP contribution in [0.4, 0.5) is 5.69 Å². The molecular formula is C13H19ClN2. The number of nitrogens with one attached hydrogen (secondary N) is 1. The van der Waals surface area contributed by atoms with E-state index in [1.165, 1.54) is 18.5 Å². The van der Waals surface area contributed by atoms with E-state index in [1.54, 1.807) is 0 Å². The van der Waals surface area contributed by atoms with Crippen molar-refractivity contribution in [3.8, 4) is 0 Å². The average molecular weight is 239 g/mol. The van der Waals surface area contributed by atoms with Crippen molar-refractivity contribution in [1.29, 1.82) is 0 Å². The van der Waals surface area contributed by atoms with E-state index in [9.17, 15) is 0 Å². The Balaban J connectivity index is 2.07. The number of para-hydroxylation sites is 1. The van der Waals surface area contributed by atoms with Gasteiger partial charge < -0.3 is 10.2 Å². The molecule has 0 saturated carbocycles. The van der Waals surface area contributed by atoms with Crippen LogP contribution in [0.3, 0.4) is 0 Å². The van der Waals surface area contributed by atoms with Gasteiger partial charge in [-0.2, -0.15) is 0 Å². The highest BCUT2D eigenvalue weighted by atomic mass is 35.5. The zero-order chi connectivity index (χ0) is 11.4. The van der Waals surface area contributed by atoms with Gasteiger partial charge in [0.15, 0.2) is 0 Å². The number of halogens is 1. The fourth-order valence-corrected chi connectivity index (χ4v) is 2.61. The summed E-state index contributed by atoms with van der Waals surface area (Å²) >= 11 is 6.22. The van der Waals surface area contributed by atoms with Crippen molar-refractivity contribution in [2.75, 3.05) is 24.5 Å². The third-order valence-electron chi connectivity index (χ3n) is 3.11. The van der Waals surface area contributed by atoms with E-state index >= 15 is 0 Å². The van der Waals surface area contributed by atoms with Gasteiger partial charge >= 0.3 is 0 Å². The Morgan fingerprint density at radius 1 is 1.44 bits per heavy atom. The van der Waals surface area contributed by atoms with Crippen LogP contribution in [0.25, 0.3) is 0 Å². The average Bonchev–Trinajstić information content (AvgIpc) is 2.30. The van der Waals surface area contributed by atoms with E-state index in [4.69, 9.17) is 11.6 Å². The molecule has 1 aliphatic heterocycles. The summed E-state index contributed by atoms with van der Waals surface area (Å²) in [7, 11) is 0. The van der Waals surface area contributed by atoms with Crippen molar-refractivity contribution in [3.05, 3.63) is 29.3 Å². The molecule has 1 saturated heterocycles. The maximum absolute atomic E-state index is 6.22. The van der Waals surface area contributed by atoms with Gasteiger partial charge in [-0.15, -0.1) is 0 Å². The lowest BCUT2D eigenvalue weighted by molar-refractivity contribution is 0.431. The van der Waals surface area contributed by atoms with E-state index in [1.807, 2.05) is 12.1 Å². The first kappa shape index (κ1) is 11.7. The number of likely N-dealkylation sites (N-methyl/N-ethyl adjacent to an activating group) is 1. The lowest BCUT2D eigenvalue weighted by Gasteiger charge is -2.35. The molecule has 2 nitrogen and oxygen atoms in total. The normalized spacial score (nSPS) is 21.1. The van der Waals surface area contributed by atoms with Gasteiger partial charge in [0.05, 0.1) is 10.7 Å². The summed E-state index contributed by atoms with van der Waals surface area (Å²) in [5.41, 5.74) is 1.17. The van der Waals surface area contributed by atoms with Crippen molar-refractivity contribution in [1.82, 2.24) is 5.32 Å². The number of nitrogens with zero attached hydrogens (tertiary/aromatic N) is 1. The second-order valence-corrected chi connectivity index (χ2v) is 4.70. The van der Waals surface area contributed by atoms with Crippen LogP contribution in [0.15, 0.2) is 24.3 Å². The van der Waals surface area contributed by atoms with E-state index in [2.05, 4.69) is 29.3 Å². The highest BCUT2D eigenvalue weighted by Gasteiger charge is 2.20.